The number of ether oxygens (including phenoxy) is 2. The zero-order valence-electron chi connectivity index (χ0n) is 10.1. The molecule has 1 aromatic carbocycles. The fourth-order valence-corrected chi connectivity index (χ4v) is 1.60. The van der Waals surface area contributed by atoms with Gasteiger partial charge in [0, 0.05) is 12.1 Å². The van der Waals surface area contributed by atoms with E-state index in [4.69, 9.17) is 9.47 Å². The van der Waals surface area contributed by atoms with Crippen LogP contribution in [-0.4, -0.2) is 33.2 Å². The van der Waals surface area contributed by atoms with Crippen molar-refractivity contribution in [1.29, 1.82) is 0 Å². The van der Waals surface area contributed by atoms with E-state index in [0.29, 0.717) is 0 Å². The Balaban J connectivity index is 3.19. The summed E-state index contributed by atoms with van der Waals surface area (Å²) in [6.07, 6.45) is 0. The molecule has 84 valence electrons. The lowest BCUT2D eigenvalue weighted by atomic mass is 10.1. The van der Waals surface area contributed by atoms with Gasteiger partial charge in [0.1, 0.15) is 0 Å². The summed E-state index contributed by atoms with van der Waals surface area (Å²) in [6.45, 7) is 2.94. The molecular weight excluding hydrogens is 190 g/mol. The van der Waals surface area contributed by atoms with Gasteiger partial charge in [-0.2, -0.15) is 0 Å². The maximum atomic E-state index is 5.40. The van der Waals surface area contributed by atoms with Gasteiger partial charge in [-0.1, -0.05) is 6.07 Å². The first-order chi connectivity index (χ1) is 7.10. The van der Waals surface area contributed by atoms with Crippen LogP contribution >= 0.6 is 0 Å². The lowest BCUT2D eigenvalue weighted by Crippen LogP contribution is -2.13. The first kappa shape index (κ1) is 11.9. The van der Waals surface area contributed by atoms with E-state index in [1.165, 1.54) is 11.1 Å². The van der Waals surface area contributed by atoms with Gasteiger partial charge in [-0.15, -0.1) is 0 Å². The van der Waals surface area contributed by atoms with Gasteiger partial charge < -0.3 is 14.4 Å². The van der Waals surface area contributed by atoms with Crippen molar-refractivity contribution >= 4 is 0 Å². The topological polar surface area (TPSA) is 21.7 Å². The van der Waals surface area contributed by atoms with Gasteiger partial charge in [-0.25, -0.2) is 0 Å². The number of hydrogen-bond acceptors (Lipinski definition) is 3. The average Bonchev–Trinajstić information content (AvgIpc) is 2.20. The van der Waals surface area contributed by atoms with Gasteiger partial charge >= 0.3 is 0 Å². The molecule has 0 aromatic heterocycles. The van der Waals surface area contributed by atoms with Crippen LogP contribution in [-0.2, 0) is 6.54 Å². The van der Waals surface area contributed by atoms with E-state index >= 15 is 0 Å². The Bertz CT molecular complexity index is 335. The van der Waals surface area contributed by atoms with Crippen LogP contribution in [0.5, 0.6) is 11.5 Å². The third-order valence-electron chi connectivity index (χ3n) is 2.36. The van der Waals surface area contributed by atoms with Gasteiger partial charge in [0.2, 0.25) is 0 Å². The Hall–Kier alpha value is -1.22. The van der Waals surface area contributed by atoms with Crippen molar-refractivity contribution in [2.24, 2.45) is 0 Å². The molecule has 0 spiro atoms. The molecule has 0 fully saturated rings. The summed E-state index contributed by atoms with van der Waals surface area (Å²) in [7, 11) is 7.42. The van der Waals surface area contributed by atoms with Gasteiger partial charge in [0.05, 0.1) is 14.2 Å². The van der Waals surface area contributed by atoms with E-state index < -0.39 is 0 Å². The fraction of sp³-hybridized carbons (Fsp3) is 0.500. The largest absolute Gasteiger partial charge is 0.493 e. The molecular formula is C12H19NO2. The second-order valence-corrected chi connectivity index (χ2v) is 3.83. The molecule has 0 N–H and O–H groups in total. The molecule has 0 heterocycles. The van der Waals surface area contributed by atoms with Gasteiger partial charge in [-0.3, -0.25) is 0 Å². The third-order valence-corrected chi connectivity index (χ3v) is 2.36. The van der Waals surface area contributed by atoms with Crippen molar-refractivity contribution in [3.63, 3.8) is 0 Å². The molecule has 0 atom stereocenters. The number of aryl methyl sites for hydroxylation is 1. The van der Waals surface area contributed by atoms with Gasteiger partial charge in [-0.05, 0) is 32.6 Å². The van der Waals surface area contributed by atoms with Gasteiger partial charge in [0.15, 0.2) is 11.5 Å². The first-order valence-electron chi connectivity index (χ1n) is 4.95. The van der Waals surface area contributed by atoms with Crippen LogP contribution < -0.4 is 9.47 Å². The minimum absolute atomic E-state index is 0.792. The quantitative estimate of drug-likeness (QED) is 0.757. The molecule has 0 aliphatic carbocycles. The number of methoxy groups -OCH3 is 2. The van der Waals surface area contributed by atoms with E-state index in [-0.39, 0.29) is 0 Å². The second-order valence-electron chi connectivity index (χ2n) is 3.83. The van der Waals surface area contributed by atoms with E-state index in [2.05, 4.69) is 17.9 Å². The molecule has 1 aromatic rings. The number of rotatable bonds is 4. The highest BCUT2D eigenvalue weighted by Gasteiger charge is 2.12. The summed E-state index contributed by atoms with van der Waals surface area (Å²) in [6, 6.07) is 3.99. The Labute approximate surface area is 91.6 Å². The molecule has 0 aliphatic rings. The van der Waals surface area contributed by atoms with E-state index in [9.17, 15) is 0 Å². The lowest BCUT2D eigenvalue weighted by molar-refractivity contribution is 0.338. The minimum Gasteiger partial charge on any atom is -0.493 e. The van der Waals surface area contributed by atoms with Crippen molar-refractivity contribution in [3.8, 4) is 11.5 Å². The highest BCUT2D eigenvalue weighted by molar-refractivity contribution is 5.50. The zero-order valence-corrected chi connectivity index (χ0v) is 10.1. The minimum atomic E-state index is 0.792. The number of benzene rings is 1. The van der Waals surface area contributed by atoms with E-state index in [1.807, 2.05) is 20.2 Å². The molecule has 0 saturated heterocycles. The Morgan fingerprint density at radius 3 is 2.27 bits per heavy atom. The molecule has 0 bridgehead atoms. The zero-order chi connectivity index (χ0) is 11.4. The Morgan fingerprint density at radius 2 is 1.80 bits per heavy atom. The summed E-state index contributed by atoms with van der Waals surface area (Å²) in [5, 5.41) is 0. The Kier molecular flexibility index (Phi) is 3.97. The molecule has 0 unspecified atom stereocenters. The summed E-state index contributed by atoms with van der Waals surface area (Å²) < 4.78 is 10.7. The molecule has 0 aliphatic heterocycles. The highest BCUT2D eigenvalue weighted by atomic mass is 16.5. The van der Waals surface area contributed by atoms with Crippen LogP contribution in [0.25, 0.3) is 0 Å². The smallest absolute Gasteiger partial charge is 0.165 e. The van der Waals surface area contributed by atoms with E-state index in [1.54, 1.807) is 14.2 Å². The summed E-state index contributed by atoms with van der Waals surface area (Å²) >= 11 is 0. The normalized spacial score (nSPS) is 10.5. The fourth-order valence-electron chi connectivity index (χ4n) is 1.60. The standard InChI is InChI=1S/C12H19NO2/c1-9-6-7-11(14-4)12(15-5)10(9)8-13(2)3/h6-7H,8H2,1-5H3. The molecule has 1 rings (SSSR count). The summed E-state index contributed by atoms with van der Waals surface area (Å²) in [4.78, 5) is 2.12. The van der Waals surface area contributed by atoms with Crippen LogP contribution in [0.2, 0.25) is 0 Å². The predicted octanol–water partition coefficient (Wildman–Crippen LogP) is 2.07. The van der Waals surface area contributed by atoms with Crippen molar-refractivity contribution in [3.05, 3.63) is 23.3 Å². The second kappa shape index (κ2) is 5.03. The van der Waals surface area contributed by atoms with Gasteiger partial charge in [0.25, 0.3) is 0 Å². The average molecular weight is 209 g/mol. The maximum Gasteiger partial charge on any atom is 0.165 e. The van der Waals surface area contributed by atoms with Crippen LogP contribution in [0.15, 0.2) is 12.1 Å². The molecule has 0 saturated carbocycles. The van der Waals surface area contributed by atoms with Crippen LogP contribution in [0.1, 0.15) is 11.1 Å². The first-order valence-corrected chi connectivity index (χ1v) is 4.95. The van der Waals surface area contributed by atoms with Crippen LogP contribution in [0.3, 0.4) is 0 Å². The molecule has 0 radical (unpaired) electrons. The molecule has 3 nitrogen and oxygen atoms in total. The number of nitrogens with zero attached hydrogens (tertiary/aromatic N) is 1. The highest BCUT2D eigenvalue weighted by Crippen LogP contribution is 2.33. The third kappa shape index (κ3) is 2.63. The maximum absolute atomic E-state index is 5.40. The lowest BCUT2D eigenvalue weighted by Gasteiger charge is -2.18. The van der Waals surface area contributed by atoms with Crippen LogP contribution in [0, 0.1) is 6.92 Å². The van der Waals surface area contributed by atoms with E-state index in [0.717, 1.165) is 18.0 Å². The molecule has 3 heteroatoms. The van der Waals surface area contributed by atoms with Crippen molar-refractivity contribution in [1.82, 2.24) is 4.90 Å². The number of hydrogen-bond donors (Lipinski definition) is 0. The monoisotopic (exact) mass is 209 g/mol. The Morgan fingerprint density at radius 1 is 1.13 bits per heavy atom. The SMILES string of the molecule is COc1ccc(C)c(CN(C)C)c1OC. The predicted molar refractivity (Wildman–Crippen MR) is 61.7 cm³/mol. The van der Waals surface area contributed by atoms with Crippen LogP contribution in [0.4, 0.5) is 0 Å². The summed E-state index contributed by atoms with van der Waals surface area (Å²) in [5.41, 5.74) is 2.41. The molecule has 15 heavy (non-hydrogen) atoms. The van der Waals surface area contributed by atoms with Crippen molar-refractivity contribution < 1.29 is 9.47 Å². The molecule has 0 amide bonds. The summed E-state index contributed by atoms with van der Waals surface area (Å²) in [5.74, 6) is 1.63. The van der Waals surface area contributed by atoms with Crippen molar-refractivity contribution in [2.75, 3.05) is 28.3 Å². The van der Waals surface area contributed by atoms with Crippen molar-refractivity contribution in [2.45, 2.75) is 13.5 Å².